The van der Waals surface area contributed by atoms with Crippen molar-refractivity contribution in [3.8, 4) is 11.1 Å². The van der Waals surface area contributed by atoms with Crippen molar-refractivity contribution in [1.82, 2.24) is 15.3 Å². The normalized spacial score (nSPS) is 11.4. The van der Waals surface area contributed by atoms with E-state index in [1.165, 1.54) is 16.7 Å². The summed E-state index contributed by atoms with van der Waals surface area (Å²) in [5, 5.41) is 4.94. The quantitative estimate of drug-likeness (QED) is 0.296. The molecule has 2 aromatic heterocycles. The Kier molecular flexibility index (Phi) is 6.37. The van der Waals surface area contributed by atoms with Gasteiger partial charge in [0.2, 0.25) is 5.91 Å². The number of para-hydroxylation sites is 1. The molecule has 5 heteroatoms. The highest BCUT2D eigenvalue weighted by molar-refractivity contribution is 7.18. The molecular formula is C29H27N3OS. The number of nitrogens with one attached hydrogen (secondary N) is 1. The van der Waals surface area contributed by atoms with E-state index in [9.17, 15) is 4.79 Å². The first-order valence-electron chi connectivity index (χ1n) is 11.6. The highest BCUT2D eigenvalue weighted by Gasteiger charge is 2.11. The van der Waals surface area contributed by atoms with E-state index in [0.29, 0.717) is 12.5 Å². The minimum absolute atomic E-state index is 0.0263. The molecule has 0 aliphatic heterocycles. The molecule has 0 radical (unpaired) electrons. The van der Waals surface area contributed by atoms with Gasteiger partial charge in [0.15, 0.2) is 0 Å². The van der Waals surface area contributed by atoms with Crippen molar-refractivity contribution < 1.29 is 4.79 Å². The van der Waals surface area contributed by atoms with Crippen molar-refractivity contribution >= 4 is 38.4 Å². The Labute approximate surface area is 203 Å². The van der Waals surface area contributed by atoms with Gasteiger partial charge in [-0.1, -0.05) is 62.4 Å². The van der Waals surface area contributed by atoms with Crippen LogP contribution in [0.1, 0.15) is 30.0 Å². The standard InChI is InChI=1S/C29H27N3OS/c1-19(2)14-20-6-5-7-21(15-20)22-10-11-26-27(16-22)34-29(32-26)17-28(33)31-18-23-12-13-30-25-9-4-3-8-24(23)25/h3-13,15-16,19H,14,17-18H2,1-2H3,(H,31,33). The number of hydrogen-bond acceptors (Lipinski definition) is 4. The van der Waals surface area contributed by atoms with Crippen molar-refractivity contribution in [2.75, 3.05) is 0 Å². The summed E-state index contributed by atoms with van der Waals surface area (Å²) in [6.07, 6.45) is 3.14. The first-order valence-corrected chi connectivity index (χ1v) is 12.4. The van der Waals surface area contributed by atoms with Gasteiger partial charge in [-0.3, -0.25) is 9.78 Å². The molecule has 2 heterocycles. The predicted octanol–water partition coefficient (Wildman–Crippen LogP) is 6.57. The van der Waals surface area contributed by atoms with Gasteiger partial charge < -0.3 is 5.32 Å². The summed E-state index contributed by atoms with van der Waals surface area (Å²) >= 11 is 1.59. The number of carbonyl (C=O) groups excluding carboxylic acids is 1. The zero-order valence-corrected chi connectivity index (χ0v) is 20.2. The summed E-state index contributed by atoms with van der Waals surface area (Å²) < 4.78 is 1.11. The van der Waals surface area contributed by atoms with Gasteiger partial charge in [-0.15, -0.1) is 11.3 Å². The third kappa shape index (κ3) is 5.00. The minimum Gasteiger partial charge on any atom is -0.352 e. The van der Waals surface area contributed by atoms with Crippen LogP contribution in [0.2, 0.25) is 0 Å². The van der Waals surface area contributed by atoms with E-state index in [4.69, 9.17) is 4.98 Å². The number of rotatable bonds is 7. The van der Waals surface area contributed by atoms with E-state index in [1.807, 2.05) is 30.3 Å². The Morgan fingerprint density at radius 2 is 1.79 bits per heavy atom. The zero-order valence-electron chi connectivity index (χ0n) is 19.4. The Morgan fingerprint density at radius 3 is 2.68 bits per heavy atom. The molecule has 34 heavy (non-hydrogen) atoms. The SMILES string of the molecule is CC(C)Cc1cccc(-c2ccc3nc(CC(=O)NCc4ccnc5ccccc45)sc3c2)c1. The van der Waals surface area contributed by atoms with Crippen LogP contribution in [0.5, 0.6) is 0 Å². The lowest BCUT2D eigenvalue weighted by Crippen LogP contribution is -2.24. The monoisotopic (exact) mass is 465 g/mol. The van der Waals surface area contributed by atoms with E-state index >= 15 is 0 Å². The molecular weight excluding hydrogens is 438 g/mol. The second-order valence-corrected chi connectivity index (χ2v) is 10.1. The number of benzene rings is 3. The maximum Gasteiger partial charge on any atom is 0.227 e. The predicted molar refractivity (Wildman–Crippen MR) is 141 cm³/mol. The van der Waals surface area contributed by atoms with Gasteiger partial charge in [-0.05, 0) is 58.9 Å². The fourth-order valence-corrected chi connectivity index (χ4v) is 5.28. The van der Waals surface area contributed by atoms with Crippen LogP contribution in [0, 0.1) is 5.92 Å². The van der Waals surface area contributed by atoms with Crippen molar-refractivity contribution in [3.05, 3.63) is 95.1 Å². The third-order valence-electron chi connectivity index (χ3n) is 5.86. The number of thiazole rings is 1. The molecule has 0 bridgehead atoms. The number of carbonyl (C=O) groups is 1. The zero-order chi connectivity index (χ0) is 23.5. The lowest BCUT2D eigenvalue weighted by molar-refractivity contribution is -0.120. The minimum atomic E-state index is -0.0263. The molecule has 0 saturated heterocycles. The summed E-state index contributed by atoms with van der Waals surface area (Å²) in [6, 6.07) is 25.1. The largest absolute Gasteiger partial charge is 0.352 e. The molecule has 3 aromatic carbocycles. The van der Waals surface area contributed by atoms with Crippen LogP contribution >= 0.6 is 11.3 Å². The highest BCUT2D eigenvalue weighted by atomic mass is 32.1. The second-order valence-electron chi connectivity index (χ2n) is 9.03. The molecule has 0 atom stereocenters. The summed E-state index contributed by atoms with van der Waals surface area (Å²) in [7, 11) is 0. The molecule has 170 valence electrons. The topological polar surface area (TPSA) is 54.9 Å². The second kappa shape index (κ2) is 9.74. The number of nitrogens with zero attached hydrogens (tertiary/aromatic N) is 2. The summed E-state index contributed by atoms with van der Waals surface area (Å²) in [6.45, 7) is 4.96. The molecule has 4 nitrogen and oxygen atoms in total. The Morgan fingerprint density at radius 1 is 0.941 bits per heavy atom. The summed E-state index contributed by atoms with van der Waals surface area (Å²) in [4.78, 5) is 21.7. The molecule has 5 aromatic rings. The van der Waals surface area contributed by atoms with Gasteiger partial charge >= 0.3 is 0 Å². The average molecular weight is 466 g/mol. The lowest BCUT2D eigenvalue weighted by Gasteiger charge is -2.08. The molecule has 0 unspecified atom stereocenters. The van der Waals surface area contributed by atoms with E-state index in [1.54, 1.807) is 17.5 Å². The van der Waals surface area contributed by atoms with Crippen LogP contribution < -0.4 is 5.32 Å². The Hall–Kier alpha value is -3.57. The number of hydrogen-bond donors (Lipinski definition) is 1. The van der Waals surface area contributed by atoms with E-state index in [2.05, 4.69) is 66.6 Å². The number of amides is 1. The Bertz CT molecular complexity index is 1470. The Balaban J connectivity index is 1.29. The number of fused-ring (bicyclic) bond motifs is 2. The molecule has 1 amide bonds. The van der Waals surface area contributed by atoms with Gasteiger partial charge in [0.1, 0.15) is 5.01 Å². The van der Waals surface area contributed by atoms with Crippen LogP contribution in [0.15, 0.2) is 79.0 Å². The maximum absolute atomic E-state index is 12.7. The maximum atomic E-state index is 12.7. The van der Waals surface area contributed by atoms with Crippen molar-refractivity contribution in [2.24, 2.45) is 5.92 Å². The molecule has 0 spiro atoms. The van der Waals surface area contributed by atoms with Gasteiger partial charge in [-0.25, -0.2) is 4.98 Å². The van der Waals surface area contributed by atoms with Crippen LogP contribution in [-0.2, 0) is 24.2 Å². The highest BCUT2D eigenvalue weighted by Crippen LogP contribution is 2.29. The average Bonchev–Trinajstić information content (AvgIpc) is 3.24. The number of pyridine rings is 1. The fraction of sp³-hybridized carbons (Fsp3) is 0.207. The van der Waals surface area contributed by atoms with E-state index < -0.39 is 0 Å². The van der Waals surface area contributed by atoms with Crippen LogP contribution in [0.4, 0.5) is 0 Å². The van der Waals surface area contributed by atoms with E-state index in [0.717, 1.165) is 38.1 Å². The third-order valence-corrected chi connectivity index (χ3v) is 6.88. The van der Waals surface area contributed by atoms with Crippen molar-refractivity contribution in [3.63, 3.8) is 0 Å². The van der Waals surface area contributed by atoms with Crippen molar-refractivity contribution in [1.29, 1.82) is 0 Å². The van der Waals surface area contributed by atoms with E-state index in [-0.39, 0.29) is 12.3 Å². The molecule has 0 fully saturated rings. The van der Waals surface area contributed by atoms with Gasteiger partial charge in [-0.2, -0.15) is 0 Å². The fourth-order valence-electron chi connectivity index (χ4n) is 4.28. The van der Waals surface area contributed by atoms with Crippen LogP contribution in [0.25, 0.3) is 32.2 Å². The van der Waals surface area contributed by atoms with Gasteiger partial charge in [0.25, 0.3) is 0 Å². The molecule has 0 saturated carbocycles. The first-order chi connectivity index (χ1) is 16.5. The molecule has 0 aliphatic carbocycles. The van der Waals surface area contributed by atoms with Crippen molar-refractivity contribution in [2.45, 2.75) is 33.2 Å². The molecule has 5 rings (SSSR count). The molecule has 0 aliphatic rings. The van der Waals surface area contributed by atoms with Crippen LogP contribution in [0.3, 0.4) is 0 Å². The number of aromatic nitrogens is 2. The summed E-state index contributed by atoms with van der Waals surface area (Å²) in [5.74, 6) is 0.603. The smallest absolute Gasteiger partial charge is 0.227 e. The first kappa shape index (κ1) is 22.2. The molecule has 1 N–H and O–H groups in total. The lowest BCUT2D eigenvalue weighted by atomic mass is 9.98. The summed E-state index contributed by atoms with van der Waals surface area (Å²) in [5.41, 5.74) is 6.70. The van der Waals surface area contributed by atoms with Gasteiger partial charge in [0.05, 0.1) is 22.2 Å². The van der Waals surface area contributed by atoms with Crippen LogP contribution in [-0.4, -0.2) is 15.9 Å². The van der Waals surface area contributed by atoms with Gasteiger partial charge in [0, 0.05) is 18.1 Å².